The molecule has 5 nitrogen and oxygen atoms in total. The van der Waals surface area contributed by atoms with Crippen LogP contribution >= 0.6 is 11.3 Å². The Hall–Kier alpha value is -3.25. The number of para-hydroxylation sites is 1. The smallest absolute Gasteiger partial charge is 0.298 e. The Bertz CT molecular complexity index is 1080. The van der Waals surface area contributed by atoms with Crippen molar-refractivity contribution in [2.75, 3.05) is 5.32 Å². The molecule has 6 heteroatoms. The Kier molecular flexibility index (Phi) is 4.10. The van der Waals surface area contributed by atoms with Crippen LogP contribution in [0.4, 0.5) is 5.13 Å². The maximum Gasteiger partial charge on any atom is 0.298 e. The second-order valence-corrected chi connectivity index (χ2v) is 6.69. The molecular formula is C20H14N2O3S. The summed E-state index contributed by atoms with van der Waals surface area (Å²) >= 11 is 1.24. The van der Waals surface area contributed by atoms with Gasteiger partial charge < -0.3 is 4.42 Å². The molecule has 0 radical (unpaired) electrons. The summed E-state index contributed by atoms with van der Waals surface area (Å²) in [4.78, 5) is 28.7. The van der Waals surface area contributed by atoms with Crippen molar-refractivity contribution in [1.82, 2.24) is 4.98 Å². The van der Waals surface area contributed by atoms with Gasteiger partial charge in [0.2, 0.25) is 0 Å². The molecule has 1 amide bonds. The monoisotopic (exact) mass is 362 g/mol. The molecule has 2 heterocycles. The Morgan fingerprint density at radius 3 is 2.62 bits per heavy atom. The lowest BCUT2D eigenvalue weighted by Crippen LogP contribution is -2.22. The number of aromatic nitrogens is 1. The van der Waals surface area contributed by atoms with Gasteiger partial charge in [0.25, 0.3) is 11.7 Å². The number of Topliss-reactive ketones (excluding diaryl/α,β-unsaturated/α-hetero) is 1. The zero-order valence-electron chi connectivity index (χ0n) is 13.9. The third-order valence-electron chi connectivity index (χ3n) is 3.92. The van der Waals surface area contributed by atoms with Gasteiger partial charge in [0.05, 0.1) is 0 Å². The zero-order chi connectivity index (χ0) is 18.1. The van der Waals surface area contributed by atoms with Crippen molar-refractivity contribution in [1.29, 1.82) is 0 Å². The number of hydrogen-bond acceptors (Lipinski definition) is 5. The number of carbonyl (C=O) groups is 2. The normalized spacial score (nSPS) is 10.8. The molecule has 4 aromatic rings. The van der Waals surface area contributed by atoms with E-state index in [0.29, 0.717) is 22.1 Å². The SMILES string of the molecule is Cc1ccc(C(=O)C(=O)Nc2nc(-c3cc4ccccc4o3)cs2)cc1. The first-order valence-corrected chi connectivity index (χ1v) is 8.85. The van der Waals surface area contributed by atoms with Gasteiger partial charge in [-0.25, -0.2) is 4.98 Å². The van der Waals surface area contributed by atoms with E-state index in [9.17, 15) is 9.59 Å². The standard InChI is InChI=1S/C20H14N2O3S/c1-12-6-8-13(9-7-12)18(23)19(24)22-20-21-15(11-26-20)17-10-14-4-2-3-5-16(14)25-17/h2-11H,1H3,(H,21,22,24). The number of carbonyl (C=O) groups excluding carboxylic acids is 2. The molecule has 0 bridgehead atoms. The largest absolute Gasteiger partial charge is 0.454 e. The highest BCUT2D eigenvalue weighted by molar-refractivity contribution is 7.14. The Morgan fingerprint density at radius 1 is 1.08 bits per heavy atom. The topological polar surface area (TPSA) is 72.2 Å². The van der Waals surface area contributed by atoms with Crippen molar-refractivity contribution >= 4 is 39.1 Å². The number of amides is 1. The van der Waals surface area contributed by atoms with Crippen LogP contribution in [0.25, 0.3) is 22.4 Å². The molecule has 0 fully saturated rings. The van der Waals surface area contributed by atoms with Gasteiger partial charge in [-0.2, -0.15) is 0 Å². The maximum absolute atomic E-state index is 12.2. The molecule has 0 atom stereocenters. The van der Waals surface area contributed by atoms with Crippen molar-refractivity contribution in [3.63, 3.8) is 0 Å². The van der Waals surface area contributed by atoms with Gasteiger partial charge in [-0.15, -0.1) is 11.3 Å². The predicted molar refractivity (Wildman–Crippen MR) is 101 cm³/mol. The van der Waals surface area contributed by atoms with E-state index in [1.807, 2.05) is 37.3 Å². The van der Waals surface area contributed by atoms with E-state index in [1.165, 1.54) is 11.3 Å². The van der Waals surface area contributed by atoms with Crippen molar-refractivity contribution in [3.05, 3.63) is 71.1 Å². The Labute approximate surface area is 153 Å². The maximum atomic E-state index is 12.2. The first kappa shape index (κ1) is 16.2. The summed E-state index contributed by atoms with van der Waals surface area (Å²) in [6.07, 6.45) is 0. The van der Waals surface area contributed by atoms with Crippen LogP contribution in [0.3, 0.4) is 0 Å². The Morgan fingerprint density at radius 2 is 1.85 bits per heavy atom. The molecule has 4 rings (SSSR count). The van der Waals surface area contributed by atoms with E-state index in [2.05, 4.69) is 10.3 Å². The molecule has 0 saturated carbocycles. The van der Waals surface area contributed by atoms with Gasteiger partial charge in [-0.1, -0.05) is 48.0 Å². The molecule has 0 spiro atoms. The summed E-state index contributed by atoms with van der Waals surface area (Å²) in [5.74, 6) is -0.683. The quantitative estimate of drug-likeness (QED) is 0.422. The average molecular weight is 362 g/mol. The highest BCUT2D eigenvalue weighted by Gasteiger charge is 2.18. The number of ketones is 1. The van der Waals surface area contributed by atoms with E-state index in [0.717, 1.165) is 16.5 Å². The lowest BCUT2D eigenvalue weighted by molar-refractivity contribution is -0.112. The molecule has 2 aromatic carbocycles. The van der Waals surface area contributed by atoms with Gasteiger partial charge in [0, 0.05) is 16.3 Å². The second-order valence-electron chi connectivity index (χ2n) is 5.84. The van der Waals surface area contributed by atoms with Crippen molar-refractivity contribution in [2.24, 2.45) is 0 Å². The van der Waals surface area contributed by atoms with Gasteiger partial charge in [0.1, 0.15) is 11.3 Å². The number of fused-ring (bicyclic) bond motifs is 1. The summed E-state index contributed by atoms with van der Waals surface area (Å²) < 4.78 is 5.76. The van der Waals surface area contributed by atoms with Crippen LogP contribution < -0.4 is 5.32 Å². The number of nitrogens with zero attached hydrogens (tertiary/aromatic N) is 1. The first-order chi connectivity index (χ1) is 12.6. The first-order valence-electron chi connectivity index (χ1n) is 7.97. The number of rotatable bonds is 4. The second kappa shape index (κ2) is 6.57. The molecule has 26 heavy (non-hydrogen) atoms. The summed E-state index contributed by atoms with van der Waals surface area (Å²) in [5.41, 5.74) is 2.76. The molecule has 0 aliphatic carbocycles. The van der Waals surface area contributed by atoms with Gasteiger partial charge in [-0.3, -0.25) is 14.9 Å². The average Bonchev–Trinajstić information content (AvgIpc) is 3.28. The molecule has 0 aliphatic rings. The third kappa shape index (κ3) is 3.14. The van der Waals surface area contributed by atoms with Crippen molar-refractivity contribution < 1.29 is 14.0 Å². The molecule has 2 aromatic heterocycles. The fourth-order valence-corrected chi connectivity index (χ4v) is 3.24. The summed E-state index contributed by atoms with van der Waals surface area (Å²) in [7, 11) is 0. The minimum atomic E-state index is -0.709. The van der Waals surface area contributed by atoms with Crippen LogP contribution in [0.5, 0.6) is 0 Å². The molecule has 0 unspecified atom stereocenters. The van der Waals surface area contributed by atoms with Gasteiger partial charge >= 0.3 is 0 Å². The fourth-order valence-electron chi connectivity index (χ4n) is 2.54. The number of nitrogens with one attached hydrogen (secondary N) is 1. The molecule has 0 saturated heterocycles. The van der Waals surface area contributed by atoms with Crippen LogP contribution in [0, 0.1) is 6.92 Å². The van der Waals surface area contributed by atoms with Gasteiger partial charge in [-0.05, 0) is 19.1 Å². The number of aryl methyl sites for hydroxylation is 1. The van der Waals surface area contributed by atoms with Gasteiger partial charge in [0.15, 0.2) is 10.9 Å². The van der Waals surface area contributed by atoms with Crippen molar-refractivity contribution in [2.45, 2.75) is 6.92 Å². The van der Waals surface area contributed by atoms with E-state index in [1.54, 1.807) is 29.6 Å². The van der Waals surface area contributed by atoms with E-state index >= 15 is 0 Å². The minimum absolute atomic E-state index is 0.349. The summed E-state index contributed by atoms with van der Waals surface area (Å²) in [5, 5.41) is 5.67. The van der Waals surface area contributed by atoms with Crippen LogP contribution in [-0.4, -0.2) is 16.7 Å². The highest BCUT2D eigenvalue weighted by atomic mass is 32.1. The predicted octanol–water partition coefficient (Wildman–Crippen LogP) is 4.69. The summed E-state index contributed by atoms with van der Waals surface area (Å²) in [6, 6.07) is 16.4. The van der Waals surface area contributed by atoms with E-state index in [-0.39, 0.29) is 0 Å². The lowest BCUT2D eigenvalue weighted by Gasteiger charge is -2.01. The zero-order valence-corrected chi connectivity index (χ0v) is 14.7. The van der Waals surface area contributed by atoms with Crippen LogP contribution in [0.2, 0.25) is 0 Å². The van der Waals surface area contributed by atoms with E-state index < -0.39 is 11.7 Å². The van der Waals surface area contributed by atoms with Crippen LogP contribution in [0.1, 0.15) is 15.9 Å². The molecular weight excluding hydrogens is 348 g/mol. The number of benzene rings is 2. The summed E-state index contributed by atoms with van der Waals surface area (Å²) in [6.45, 7) is 1.92. The van der Waals surface area contributed by atoms with Crippen molar-refractivity contribution in [3.8, 4) is 11.5 Å². The fraction of sp³-hybridized carbons (Fsp3) is 0.0500. The molecule has 0 aliphatic heterocycles. The Balaban J connectivity index is 1.51. The molecule has 1 N–H and O–H groups in total. The van der Waals surface area contributed by atoms with Crippen LogP contribution in [0.15, 0.2) is 64.4 Å². The molecule has 128 valence electrons. The lowest BCUT2D eigenvalue weighted by atomic mass is 10.1. The number of anilines is 1. The number of furan rings is 1. The minimum Gasteiger partial charge on any atom is -0.454 e. The number of hydrogen-bond donors (Lipinski definition) is 1. The van der Waals surface area contributed by atoms with E-state index in [4.69, 9.17) is 4.42 Å². The highest BCUT2D eigenvalue weighted by Crippen LogP contribution is 2.30. The number of thiazole rings is 1. The van der Waals surface area contributed by atoms with Crippen LogP contribution in [-0.2, 0) is 4.79 Å². The third-order valence-corrected chi connectivity index (χ3v) is 4.68.